The number of carbonyl (C=O) groups excluding carboxylic acids is 1. The fraction of sp³-hybridized carbons (Fsp3) is 0.240. The summed E-state index contributed by atoms with van der Waals surface area (Å²) >= 11 is 0. The number of aryl methyl sites for hydroxylation is 1. The number of carbonyl (C=O) groups is 1. The second-order valence-electron chi connectivity index (χ2n) is 8.36. The van der Waals surface area contributed by atoms with E-state index < -0.39 is 21.0 Å². The van der Waals surface area contributed by atoms with Crippen molar-refractivity contribution >= 4 is 27.3 Å². The standard InChI is InChI=1S/C25H26N4O5S/c1-19-7-9-21(10-8-19)26-25(30)24(20-5-3-2-4-6-20)27-15-17-28(18-16-27)35(33,34)23-13-11-22(12-14-23)29(31)32/h2-14,24H,15-18H2,1H3,(H,26,30). The molecule has 1 aliphatic rings. The molecule has 4 rings (SSSR count). The predicted molar refractivity (Wildman–Crippen MR) is 132 cm³/mol. The van der Waals surface area contributed by atoms with Crippen molar-refractivity contribution < 1.29 is 18.1 Å². The zero-order chi connectivity index (χ0) is 25.0. The van der Waals surface area contributed by atoms with E-state index >= 15 is 0 Å². The summed E-state index contributed by atoms with van der Waals surface area (Å²) in [5.74, 6) is -0.188. The van der Waals surface area contributed by atoms with Crippen LogP contribution in [0.2, 0.25) is 0 Å². The highest BCUT2D eigenvalue weighted by Gasteiger charge is 2.34. The van der Waals surface area contributed by atoms with Gasteiger partial charge in [0.1, 0.15) is 6.04 Å². The highest BCUT2D eigenvalue weighted by atomic mass is 32.2. The highest BCUT2D eigenvalue weighted by Crippen LogP contribution is 2.27. The Balaban J connectivity index is 1.50. The summed E-state index contributed by atoms with van der Waals surface area (Å²) in [6.45, 7) is 3.07. The third kappa shape index (κ3) is 5.56. The van der Waals surface area contributed by atoms with Crippen molar-refractivity contribution in [1.82, 2.24) is 9.21 Å². The molecule has 1 atom stereocenters. The first-order valence-electron chi connectivity index (χ1n) is 11.2. The summed E-state index contributed by atoms with van der Waals surface area (Å²) in [5, 5.41) is 13.9. The molecule has 1 heterocycles. The van der Waals surface area contributed by atoms with Crippen molar-refractivity contribution in [3.63, 3.8) is 0 Å². The van der Waals surface area contributed by atoms with Crippen LogP contribution in [0.5, 0.6) is 0 Å². The largest absolute Gasteiger partial charge is 0.324 e. The van der Waals surface area contributed by atoms with Crippen LogP contribution in [0.15, 0.2) is 83.8 Å². The minimum absolute atomic E-state index is 0.00766. The second-order valence-corrected chi connectivity index (χ2v) is 10.3. The number of sulfonamides is 1. The molecule has 0 radical (unpaired) electrons. The lowest BCUT2D eigenvalue weighted by Gasteiger charge is -2.38. The molecular formula is C25H26N4O5S. The van der Waals surface area contributed by atoms with Gasteiger partial charge in [-0.05, 0) is 36.8 Å². The van der Waals surface area contributed by atoms with E-state index in [9.17, 15) is 23.3 Å². The first-order valence-corrected chi connectivity index (χ1v) is 12.6. The van der Waals surface area contributed by atoms with E-state index in [1.54, 1.807) is 0 Å². The molecule has 1 fully saturated rings. The molecule has 0 saturated carbocycles. The number of nitro benzene ring substituents is 1. The molecule has 3 aromatic carbocycles. The Hall–Kier alpha value is -3.60. The van der Waals surface area contributed by atoms with Crippen LogP contribution in [-0.4, -0.2) is 54.6 Å². The van der Waals surface area contributed by atoms with Crippen LogP contribution in [0.1, 0.15) is 17.2 Å². The van der Waals surface area contributed by atoms with E-state index in [0.717, 1.165) is 11.1 Å². The molecule has 0 spiro atoms. The fourth-order valence-electron chi connectivity index (χ4n) is 4.10. The van der Waals surface area contributed by atoms with Gasteiger partial charge in [-0.25, -0.2) is 8.42 Å². The number of hydrogen-bond acceptors (Lipinski definition) is 6. The molecule has 9 nitrogen and oxygen atoms in total. The first-order chi connectivity index (χ1) is 16.8. The zero-order valence-electron chi connectivity index (χ0n) is 19.2. The molecule has 10 heteroatoms. The van der Waals surface area contributed by atoms with E-state index in [-0.39, 0.29) is 29.6 Å². The number of amides is 1. The summed E-state index contributed by atoms with van der Waals surface area (Å²) in [4.78, 5) is 25.6. The number of piperazine rings is 1. The van der Waals surface area contributed by atoms with Crippen LogP contribution in [0, 0.1) is 17.0 Å². The normalized spacial score (nSPS) is 15.9. The molecular weight excluding hydrogens is 468 g/mol. The van der Waals surface area contributed by atoms with Crippen molar-refractivity contribution in [1.29, 1.82) is 0 Å². The smallest absolute Gasteiger partial charge is 0.269 e. The van der Waals surface area contributed by atoms with Crippen LogP contribution in [-0.2, 0) is 14.8 Å². The van der Waals surface area contributed by atoms with Gasteiger partial charge in [0.2, 0.25) is 15.9 Å². The summed E-state index contributed by atoms with van der Waals surface area (Å²) in [6.07, 6.45) is 0. The minimum Gasteiger partial charge on any atom is -0.324 e. The van der Waals surface area contributed by atoms with Crippen LogP contribution in [0.3, 0.4) is 0 Å². The Bertz CT molecular complexity index is 1290. The molecule has 1 amide bonds. The Morgan fingerprint density at radius 1 is 0.914 bits per heavy atom. The van der Waals surface area contributed by atoms with Crippen molar-refractivity contribution in [2.24, 2.45) is 0 Å². The molecule has 182 valence electrons. The molecule has 0 aromatic heterocycles. The van der Waals surface area contributed by atoms with Gasteiger partial charge in [0.15, 0.2) is 0 Å². The van der Waals surface area contributed by atoms with Gasteiger partial charge in [-0.3, -0.25) is 19.8 Å². The average Bonchev–Trinajstić information content (AvgIpc) is 2.86. The fourth-order valence-corrected chi connectivity index (χ4v) is 5.52. The monoisotopic (exact) mass is 494 g/mol. The van der Waals surface area contributed by atoms with Crippen LogP contribution in [0.4, 0.5) is 11.4 Å². The maximum atomic E-state index is 13.3. The van der Waals surface area contributed by atoms with Crippen molar-refractivity contribution in [2.45, 2.75) is 17.9 Å². The zero-order valence-corrected chi connectivity index (χ0v) is 20.0. The second kappa shape index (κ2) is 10.3. The van der Waals surface area contributed by atoms with Gasteiger partial charge in [0.25, 0.3) is 5.69 Å². The van der Waals surface area contributed by atoms with Crippen molar-refractivity contribution in [3.05, 3.63) is 100 Å². The number of non-ortho nitro benzene ring substituents is 1. The summed E-state index contributed by atoms with van der Waals surface area (Å²) in [7, 11) is -3.81. The lowest BCUT2D eigenvalue weighted by molar-refractivity contribution is -0.384. The molecule has 1 saturated heterocycles. The van der Waals surface area contributed by atoms with E-state index in [1.807, 2.05) is 66.4 Å². The van der Waals surface area contributed by atoms with Gasteiger partial charge in [-0.1, -0.05) is 48.0 Å². The number of nitrogens with one attached hydrogen (secondary N) is 1. The quantitative estimate of drug-likeness (QED) is 0.397. The molecule has 1 unspecified atom stereocenters. The topological polar surface area (TPSA) is 113 Å². The minimum atomic E-state index is -3.81. The lowest BCUT2D eigenvalue weighted by atomic mass is 10.0. The molecule has 0 aliphatic carbocycles. The summed E-state index contributed by atoms with van der Waals surface area (Å²) < 4.78 is 27.5. The van der Waals surface area contributed by atoms with Crippen LogP contribution in [0.25, 0.3) is 0 Å². The average molecular weight is 495 g/mol. The van der Waals surface area contributed by atoms with E-state index in [1.165, 1.54) is 28.6 Å². The van der Waals surface area contributed by atoms with Gasteiger partial charge in [0.05, 0.1) is 9.82 Å². The Kier molecular flexibility index (Phi) is 7.25. The SMILES string of the molecule is Cc1ccc(NC(=O)C(c2ccccc2)N2CCN(S(=O)(=O)c3ccc([N+](=O)[O-])cc3)CC2)cc1. The molecule has 3 aromatic rings. The lowest BCUT2D eigenvalue weighted by Crippen LogP contribution is -2.51. The van der Waals surface area contributed by atoms with Gasteiger partial charge in [-0.15, -0.1) is 0 Å². The molecule has 35 heavy (non-hydrogen) atoms. The Morgan fingerprint density at radius 2 is 1.51 bits per heavy atom. The Morgan fingerprint density at radius 3 is 2.09 bits per heavy atom. The van der Waals surface area contributed by atoms with Crippen molar-refractivity contribution in [3.8, 4) is 0 Å². The third-order valence-electron chi connectivity index (χ3n) is 6.01. The van der Waals surface area contributed by atoms with Gasteiger partial charge in [0, 0.05) is 44.0 Å². The predicted octanol–water partition coefficient (Wildman–Crippen LogP) is 3.59. The first kappa shape index (κ1) is 24.5. The highest BCUT2D eigenvalue weighted by molar-refractivity contribution is 7.89. The van der Waals surface area contributed by atoms with Crippen LogP contribution < -0.4 is 5.32 Å². The molecule has 1 aliphatic heterocycles. The summed E-state index contributed by atoms with van der Waals surface area (Å²) in [5.41, 5.74) is 2.44. The third-order valence-corrected chi connectivity index (χ3v) is 7.92. The maximum Gasteiger partial charge on any atom is 0.269 e. The number of nitrogens with zero attached hydrogens (tertiary/aromatic N) is 3. The molecule has 0 bridgehead atoms. The van der Waals surface area contributed by atoms with E-state index in [4.69, 9.17) is 0 Å². The summed E-state index contributed by atoms with van der Waals surface area (Å²) in [6, 6.07) is 21.2. The van der Waals surface area contributed by atoms with Crippen LogP contribution >= 0.6 is 0 Å². The van der Waals surface area contributed by atoms with Gasteiger partial charge in [-0.2, -0.15) is 4.31 Å². The number of nitro groups is 1. The number of hydrogen-bond donors (Lipinski definition) is 1. The maximum absolute atomic E-state index is 13.3. The van der Waals surface area contributed by atoms with Gasteiger partial charge < -0.3 is 5.32 Å². The number of benzene rings is 3. The number of anilines is 1. The van der Waals surface area contributed by atoms with Gasteiger partial charge >= 0.3 is 0 Å². The van der Waals surface area contributed by atoms with Crippen molar-refractivity contribution in [2.75, 3.05) is 31.5 Å². The number of rotatable bonds is 7. The van der Waals surface area contributed by atoms with E-state index in [0.29, 0.717) is 18.8 Å². The van der Waals surface area contributed by atoms with E-state index in [2.05, 4.69) is 5.32 Å². The molecule has 1 N–H and O–H groups in total. The Labute approximate surface area is 204 Å².